The number of hydrogen-bond acceptors (Lipinski definition) is 5. The van der Waals surface area contributed by atoms with Gasteiger partial charge in [0, 0.05) is 5.38 Å². The number of carbonyl (C=O) groups excluding carboxylic acids is 1. The number of thiazole rings is 1. The van der Waals surface area contributed by atoms with Gasteiger partial charge in [0.25, 0.3) is 0 Å². The van der Waals surface area contributed by atoms with E-state index in [1.165, 1.54) is 11.3 Å². The Bertz CT molecular complexity index is 549. The topological polar surface area (TPSA) is 81.2 Å². The Morgan fingerprint density at radius 2 is 2.35 bits per heavy atom. The molecule has 0 saturated carbocycles. The van der Waals surface area contributed by atoms with Gasteiger partial charge in [0.15, 0.2) is 10.8 Å². The zero-order valence-electron chi connectivity index (χ0n) is 11.6. The van der Waals surface area contributed by atoms with Crippen LogP contribution in [0.1, 0.15) is 26.0 Å². The Balaban J connectivity index is 1.87. The van der Waals surface area contributed by atoms with Crippen LogP contribution in [0.25, 0.3) is 10.8 Å². The lowest BCUT2D eigenvalue weighted by molar-refractivity contribution is -0.122. The lowest BCUT2D eigenvalue weighted by atomic mass is 10.0. The van der Waals surface area contributed by atoms with Gasteiger partial charge < -0.3 is 15.5 Å². The highest BCUT2D eigenvalue weighted by atomic mass is 32.1. The third-order valence-corrected chi connectivity index (χ3v) is 3.70. The number of nitrogens with one attached hydrogen (secondary N) is 1. The standard InChI is InChI=1S/C14H19N3O2S/c1-9(2)6-11(15)13(18)16-7-10-8-20-14(17-10)12-4-3-5-19-12/h3-5,8-9,11H,6-7,15H2,1-2H3,(H,16,18)/t11-/m0/s1. The minimum Gasteiger partial charge on any atom is -0.462 e. The summed E-state index contributed by atoms with van der Waals surface area (Å²) < 4.78 is 5.28. The van der Waals surface area contributed by atoms with Crippen LogP contribution in [0.5, 0.6) is 0 Å². The highest BCUT2D eigenvalue weighted by Crippen LogP contribution is 2.23. The van der Waals surface area contributed by atoms with Crippen LogP contribution in [-0.4, -0.2) is 16.9 Å². The van der Waals surface area contributed by atoms with Crippen LogP contribution < -0.4 is 11.1 Å². The van der Waals surface area contributed by atoms with E-state index >= 15 is 0 Å². The average molecular weight is 293 g/mol. The molecule has 0 aliphatic heterocycles. The molecule has 2 heterocycles. The number of nitrogens with zero attached hydrogens (tertiary/aromatic N) is 1. The van der Waals surface area contributed by atoms with Crippen LogP contribution in [0.3, 0.4) is 0 Å². The molecule has 0 unspecified atom stereocenters. The first-order valence-corrected chi connectivity index (χ1v) is 7.45. The third kappa shape index (κ3) is 3.91. The number of hydrogen-bond donors (Lipinski definition) is 2. The van der Waals surface area contributed by atoms with Crippen LogP contribution >= 0.6 is 11.3 Å². The summed E-state index contributed by atoms with van der Waals surface area (Å²) in [6.45, 7) is 4.48. The van der Waals surface area contributed by atoms with Gasteiger partial charge in [-0.3, -0.25) is 4.79 Å². The Labute approximate surface area is 122 Å². The molecule has 5 nitrogen and oxygen atoms in total. The summed E-state index contributed by atoms with van der Waals surface area (Å²) in [5, 5.41) is 5.53. The number of nitrogens with two attached hydrogens (primary N) is 1. The predicted molar refractivity (Wildman–Crippen MR) is 79.1 cm³/mol. The number of carbonyl (C=O) groups is 1. The molecule has 0 aliphatic rings. The fourth-order valence-electron chi connectivity index (χ4n) is 1.83. The minimum absolute atomic E-state index is 0.133. The van der Waals surface area contributed by atoms with E-state index in [0.29, 0.717) is 18.9 Å². The summed E-state index contributed by atoms with van der Waals surface area (Å²) >= 11 is 1.49. The first kappa shape index (κ1) is 14.7. The molecule has 0 bridgehead atoms. The highest BCUT2D eigenvalue weighted by Gasteiger charge is 2.15. The molecule has 0 aliphatic carbocycles. The molecule has 0 fully saturated rings. The second-order valence-corrected chi connectivity index (χ2v) is 5.93. The van der Waals surface area contributed by atoms with Crippen molar-refractivity contribution in [2.45, 2.75) is 32.9 Å². The summed E-state index contributed by atoms with van der Waals surface area (Å²) in [5.41, 5.74) is 6.63. The maximum Gasteiger partial charge on any atom is 0.237 e. The fourth-order valence-corrected chi connectivity index (χ4v) is 2.61. The molecule has 2 aromatic rings. The van der Waals surface area contributed by atoms with Crippen LogP contribution in [0.4, 0.5) is 0 Å². The summed E-state index contributed by atoms with van der Waals surface area (Å²) in [4.78, 5) is 16.2. The number of rotatable bonds is 6. The Morgan fingerprint density at radius 1 is 1.55 bits per heavy atom. The third-order valence-electron chi connectivity index (χ3n) is 2.79. The van der Waals surface area contributed by atoms with E-state index in [4.69, 9.17) is 10.2 Å². The summed E-state index contributed by atoms with van der Waals surface area (Å²) in [5.74, 6) is 1.01. The zero-order chi connectivity index (χ0) is 14.5. The molecular weight excluding hydrogens is 274 g/mol. The van der Waals surface area contributed by atoms with Gasteiger partial charge in [-0.1, -0.05) is 13.8 Å². The van der Waals surface area contributed by atoms with E-state index in [9.17, 15) is 4.79 Å². The number of aromatic nitrogens is 1. The van der Waals surface area contributed by atoms with E-state index in [1.807, 2.05) is 31.4 Å². The van der Waals surface area contributed by atoms with Crippen molar-refractivity contribution >= 4 is 17.2 Å². The van der Waals surface area contributed by atoms with Gasteiger partial charge in [-0.15, -0.1) is 11.3 Å². The quantitative estimate of drug-likeness (QED) is 0.857. The first-order valence-electron chi connectivity index (χ1n) is 6.58. The van der Waals surface area contributed by atoms with Crippen LogP contribution in [-0.2, 0) is 11.3 Å². The van der Waals surface area contributed by atoms with Crippen molar-refractivity contribution in [2.75, 3.05) is 0 Å². The monoisotopic (exact) mass is 293 g/mol. The molecule has 0 aromatic carbocycles. The van der Waals surface area contributed by atoms with Crippen molar-refractivity contribution in [3.63, 3.8) is 0 Å². The molecule has 0 radical (unpaired) electrons. The molecule has 108 valence electrons. The van der Waals surface area contributed by atoms with E-state index in [2.05, 4.69) is 10.3 Å². The van der Waals surface area contributed by atoms with Crippen molar-refractivity contribution in [1.29, 1.82) is 0 Å². The van der Waals surface area contributed by atoms with E-state index in [1.54, 1.807) is 6.26 Å². The minimum atomic E-state index is -0.460. The van der Waals surface area contributed by atoms with Gasteiger partial charge in [-0.05, 0) is 24.5 Å². The van der Waals surface area contributed by atoms with Crippen LogP contribution in [0.2, 0.25) is 0 Å². The Kier molecular flexibility index (Phi) is 4.92. The lowest BCUT2D eigenvalue weighted by Gasteiger charge is -2.13. The van der Waals surface area contributed by atoms with Crippen LogP contribution in [0, 0.1) is 5.92 Å². The predicted octanol–water partition coefficient (Wildman–Crippen LogP) is 2.39. The van der Waals surface area contributed by atoms with E-state index < -0.39 is 6.04 Å². The lowest BCUT2D eigenvalue weighted by Crippen LogP contribution is -2.41. The largest absolute Gasteiger partial charge is 0.462 e. The maximum absolute atomic E-state index is 11.8. The first-order chi connectivity index (χ1) is 9.56. The van der Waals surface area contributed by atoms with Gasteiger partial charge in [0.05, 0.1) is 24.5 Å². The van der Waals surface area contributed by atoms with Gasteiger partial charge >= 0.3 is 0 Å². The molecule has 3 N–H and O–H groups in total. The SMILES string of the molecule is CC(C)C[C@H](N)C(=O)NCc1csc(-c2ccco2)n1. The highest BCUT2D eigenvalue weighted by molar-refractivity contribution is 7.13. The molecule has 6 heteroatoms. The summed E-state index contributed by atoms with van der Waals surface area (Å²) in [6, 6.07) is 3.22. The van der Waals surface area contributed by atoms with E-state index in [0.717, 1.165) is 16.5 Å². The van der Waals surface area contributed by atoms with Crippen LogP contribution in [0.15, 0.2) is 28.2 Å². The normalized spacial score (nSPS) is 12.6. The Morgan fingerprint density at radius 3 is 3.00 bits per heavy atom. The molecule has 0 saturated heterocycles. The summed E-state index contributed by atoms with van der Waals surface area (Å²) in [6.07, 6.45) is 2.30. The van der Waals surface area contributed by atoms with Gasteiger partial charge in [0.1, 0.15) is 0 Å². The summed E-state index contributed by atoms with van der Waals surface area (Å²) in [7, 11) is 0. The number of furan rings is 1. The second kappa shape index (κ2) is 6.67. The van der Waals surface area contributed by atoms with Gasteiger partial charge in [-0.25, -0.2) is 4.98 Å². The smallest absolute Gasteiger partial charge is 0.237 e. The van der Waals surface area contributed by atoms with Crippen molar-refractivity contribution in [1.82, 2.24) is 10.3 Å². The van der Waals surface area contributed by atoms with Gasteiger partial charge in [-0.2, -0.15) is 0 Å². The second-order valence-electron chi connectivity index (χ2n) is 5.08. The Hall–Kier alpha value is -1.66. The fraction of sp³-hybridized carbons (Fsp3) is 0.429. The molecule has 1 atom stereocenters. The maximum atomic E-state index is 11.8. The van der Waals surface area contributed by atoms with Crippen molar-refractivity contribution in [2.24, 2.45) is 11.7 Å². The molecule has 2 aromatic heterocycles. The van der Waals surface area contributed by atoms with Crippen molar-refractivity contribution in [3.05, 3.63) is 29.5 Å². The number of amides is 1. The average Bonchev–Trinajstić information content (AvgIpc) is 3.05. The molecule has 1 amide bonds. The van der Waals surface area contributed by atoms with Gasteiger partial charge in [0.2, 0.25) is 5.91 Å². The molecule has 20 heavy (non-hydrogen) atoms. The van der Waals surface area contributed by atoms with E-state index in [-0.39, 0.29) is 5.91 Å². The molecule has 2 rings (SSSR count). The molecular formula is C14H19N3O2S. The molecule has 0 spiro atoms. The van der Waals surface area contributed by atoms with Crippen molar-refractivity contribution < 1.29 is 9.21 Å². The van der Waals surface area contributed by atoms with Crippen molar-refractivity contribution in [3.8, 4) is 10.8 Å². The zero-order valence-corrected chi connectivity index (χ0v) is 12.4.